The third-order valence-electron chi connectivity index (χ3n) is 3.43. The molecule has 23 heavy (non-hydrogen) atoms. The summed E-state index contributed by atoms with van der Waals surface area (Å²) in [7, 11) is 3.07. The Balaban J connectivity index is 2.22. The number of carbonyl (C=O) groups is 1. The largest absolute Gasteiger partial charge is 0.493 e. The van der Waals surface area contributed by atoms with E-state index in [0.29, 0.717) is 28.5 Å². The van der Waals surface area contributed by atoms with Crippen molar-refractivity contribution < 1.29 is 19.4 Å². The number of carboxylic acid groups (broad SMARTS) is 1. The molecule has 122 valence electrons. The second kappa shape index (κ2) is 7.78. The van der Waals surface area contributed by atoms with E-state index >= 15 is 0 Å². The van der Waals surface area contributed by atoms with Gasteiger partial charge in [-0.15, -0.1) is 11.8 Å². The van der Waals surface area contributed by atoms with Crippen LogP contribution in [-0.2, 0) is 4.79 Å². The van der Waals surface area contributed by atoms with E-state index in [1.165, 1.54) is 18.9 Å². The fraction of sp³-hybridized carbons (Fsp3) is 0.235. The van der Waals surface area contributed by atoms with E-state index in [2.05, 4.69) is 0 Å². The highest BCUT2D eigenvalue weighted by Gasteiger charge is 2.22. The molecule has 0 spiro atoms. The van der Waals surface area contributed by atoms with Gasteiger partial charge in [-0.1, -0.05) is 18.2 Å². The summed E-state index contributed by atoms with van der Waals surface area (Å²) in [5, 5.41) is 9.55. The van der Waals surface area contributed by atoms with Gasteiger partial charge in [0.1, 0.15) is 0 Å². The highest BCUT2D eigenvalue weighted by molar-refractivity contribution is 7.99. The number of anilines is 1. The Kier molecular flexibility index (Phi) is 5.76. The molecule has 0 saturated heterocycles. The zero-order valence-electron chi connectivity index (χ0n) is 13.0. The van der Waals surface area contributed by atoms with E-state index < -0.39 is 11.9 Å². The van der Waals surface area contributed by atoms with E-state index in [1.54, 1.807) is 31.4 Å². The summed E-state index contributed by atoms with van der Waals surface area (Å²) in [6.07, 6.45) is 0. The number of aliphatic carboxylic acids is 1. The maximum Gasteiger partial charge on any atom is 0.311 e. The van der Waals surface area contributed by atoms with Crippen LogP contribution in [0.2, 0.25) is 0 Å². The topological polar surface area (TPSA) is 81.8 Å². The van der Waals surface area contributed by atoms with Crippen molar-refractivity contribution in [2.45, 2.75) is 10.8 Å². The maximum absolute atomic E-state index is 11.6. The minimum absolute atomic E-state index is 0.374. The maximum atomic E-state index is 11.6. The smallest absolute Gasteiger partial charge is 0.311 e. The fourth-order valence-corrected chi connectivity index (χ4v) is 3.26. The molecule has 2 aromatic rings. The first-order valence-corrected chi connectivity index (χ1v) is 7.97. The summed E-state index contributed by atoms with van der Waals surface area (Å²) in [5.74, 6) is -0.0987. The van der Waals surface area contributed by atoms with Gasteiger partial charge in [0.25, 0.3) is 0 Å². The average molecular weight is 333 g/mol. The van der Waals surface area contributed by atoms with Gasteiger partial charge >= 0.3 is 5.97 Å². The number of hydrogen-bond acceptors (Lipinski definition) is 5. The van der Waals surface area contributed by atoms with E-state index in [-0.39, 0.29) is 0 Å². The molecule has 0 fully saturated rings. The average Bonchev–Trinajstić information content (AvgIpc) is 2.56. The molecule has 0 amide bonds. The number of benzene rings is 2. The lowest BCUT2D eigenvalue weighted by Gasteiger charge is -2.15. The summed E-state index contributed by atoms with van der Waals surface area (Å²) in [6.45, 7) is 0. The van der Waals surface area contributed by atoms with Gasteiger partial charge in [-0.3, -0.25) is 4.79 Å². The molecule has 0 heterocycles. The van der Waals surface area contributed by atoms with Gasteiger partial charge in [0.15, 0.2) is 11.5 Å². The Morgan fingerprint density at radius 3 is 2.48 bits per heavy atom. The number of para-hydroxylation sites is 1. The number of methoxy groups -OCH3 is 2. The predicted molar refractivity (Wildman–Crippen MR) is 91.5 cm³/mol. The molecule has 0 radical (unpaired) electrons. The minimum Gasteiger partial charge on any atom is -0.493 e. The van der Waals surface area contributed by atoms with Gasteiger partial charge in [0.2, 0.25) is 0 Å². The van der Waals surface area contributed by atoms with Crippen LogP contribution in [0.15, 0.2) is 47.4 Å². The Bertz CT molecular complexity index is 690. The number of nitrogens with two attached hydrogens (primary N) is 1. The number of hydrogen-bond donors (Lipinski definition) is 2. The van der Waals surface area contributed by atoms with Crippen molar-refractivity contribution in [1.29, 1.82) is 0 Å². The third-order valence-corrected chi connectivity index (χ3v) is 4.62. The first-order chi connectivity index (χ1) is 11.1. The van der Waals surface area contributed by atoms with Crippen molar-refractivity contribution >= 4 is 23.4 Å². The van der Waals surface area contributed by atoms with Crippen molar-refractivity contribution in [3.63, 3.8) is 0 Å². The molecule has 3 N–H and O–H groups in total. The van der Waals surface area contributed by atoms with Crippen LogP contribution in [0.3, 0.4) is 0 Å². The van der Waals surface area contributed by atoms with Gasteiger partial charge < -0.3 is 20.3 Å². The molecule has 1 unspecified atom stereocenters. The molecule has 2 aromatic carbocycles. The number of rotatable bonds is 7. The van der Waals surface area contributed by atoms with Gasteiger partial charge in [-0.05, 0) is 29.8 Å². The second-order valence-corrected chi connectivity index (χ2v) is 5.92. The molecule has 6 heteroatoms. The van der Waals surface area contributed by atoms with Crippen LogP contribution in [0, 0.1) is 0 Å². The monoisotopic (exact) mass is 333 g/mol. The van der Waals surface area contributed by atoms with Crippen molar-refractivity contribution in [1.82, 2.24) is 0 Å². The quantitative estimate of drug-likeness (QED) is 0.598. The zero-order chi connectivity index (χ0) is 16.8. The van der Waals surface area contributed by atoms with Gasteiger partial charge in [-0.2, -0.15) is 0 Å². The van der Waals surface area contributed by atoms with Gasteiger partial charge in [0, 0.05) is 16.3 Å². The highest BCUT2D eigenvalue weighted by atomic mass is 32.2. The van der Waals surface area contributed by atoms with Crippen molar-refractivity contribution in [2.75, 3.05) is 25.7 Å². The molecule has 2 rings (SSSR count). The molecule has 5 nitrogen and oxygen atoms in total. The minimum atomic E-state index is -0.890. The molecule has 0 aromatic heterocycles. The van der Waals surface area contributed by atoms with Crippen molar-refractivity contribution in [3.05, 3.63) is 48.0 Å². The van der Waals surface area contributed by atoms with Gasteiger partial charge in [-0.25, -0.2) is 0 Å². The molecule has 0 saturated carbocycles. The first kappa shape index (κ1) is 17.0. The van der Waals surface area contributed by atoms with Crippen molar-refractivity contribution in [2.24, 2.45) is 0 Å². The van der Waals surface area contributed by atoms with Crippen LogP contribution in [0.5, 0.6) is 11.5 Å². The van der Waals surface area contributed by atoms with E-state index in [1.807, 2.05) is 18.2 Å². The van der Waals surface area contributed by atoms with Crippen LogP contribution in [0.25, 0.3) is 0 Å². The van der Waals surface area contributed by atoms with Crippen LogP contribution >= 0.6 is 11.8 Å². The number of ether oxygens (including phenoxy) is 2. The Morgan fingerprint density at radius 2 is 1.87 bits per heavy atom. The van der Waals surface area contributed by atoms with Crippen LogP contribution in [0.1, 0.15) is 11.5 Å². The molecule has 0 aliphatic rings. The summed E-state index contributed by atoms with van der Waals surface area (Å²) in [6, 6.07) is 12.6. The highest BCUT2D eigenvalue weighted by Crippen LogP contribution is 2.34. The lowest BCUT2D eigenvalue weighted by atomic mass is 10.0. The SMILES string of the molecule is COc1ccc(C(CSc2ccccc2N)C(=O)O)cc1OC. The van der Waals surface area contributed by atoms with E-state index in [4.69, 9.17) is 15.2 Å². The first-order valence-electron chi connectivity index (χ1n) is 6.98. The number of thioether (sulfide) groups is 1. The second-order valence-electron chi connectivity index (χ2n) is 4.85. The van der Waals surface area contributed by atoms with Crippen LogP contribution < -0.4 is 15.2 Å². The predicted octanol–water partition coefficient (Wildman–Crippen LogP) is 3.25. The summed E-state index contributed by atoms with van der Waals surface area (Å²) >= 11 is 1.42. The molecule has 0 aliphatic heterocycles. The molecular formula is C17H19NO4S. The molecule has 0 bridgehead atoms. The lowest BCUT2D eigenvalue weighted by molar-refractivity contribution is -0.138. The third kappa shape index (κ3) is 4.10. The van der Waals surface area contributed by atoms with E-state index in [9.17, 15) is 9.90 Å². The summed E-state index contributed by atoms with van der Waals surface area (Å²) in [4.78, 5) is 12.5. The van der Waals surface area contributed by atoms with Crippen molar-refractivity contribution in [3.8, 4) is 11.5 Å². The van der Waals surface area contributed by atoms with Crippen LogP contribution in [-0.4, -0.2) is 31.0 Å². The van der Waals surface area contributed by atoms with E-state index in [0.717, 1.165) is 4.90 Å². The Morgan fingerprint density at radius 1 is 1.17 bits per heavy atom. The molecule has 0 aliphatic carbocycles. The summed E-state index contributed by atoms with van der Waals surface area (Å²) in [5.41, 5.74) is 7.21. The Hall–Kier alpha value is -2.34. The fourth-order valence-electron chi connectivity index (χ4n) is 2.16. The standard InChI is InChI=1S/C17H19NO4S/c1-21-14-8-7-11(9-15(14)22-2)12(17(19)20)10-23-16-6-4-3-5-13(16)18/h3-9,12H,10,18H2,1-2H3,(H,19,20). The number of carboxylic acids is 1. The van der Waals surface area contributed by atoms with Crippen LogP contribution in [0.4, 0.5) is 5.69 Å². The molecule has 1 atom stereocenters. The summed E-state index contributed by atoms with van der Waals surface area (Å²) < 4.78 is 10.4. The normalized spacial score (nSPS) is 11.7. The lowest BCUT2D eigenvalue weighted by Crippen LogP contribution is -2.14. The zero-order valence-corrected chi connectivity index (χ0v) is 13.8. The van der Waals surface area contributed by atoms with Gasteiger partial charge in [0.05, 0.1) is 20.1 Å². The Labute approximate surface area is 139 Å². The number of nitrogen functional groups attached to an aromatic ring is 1. The molecular weight excluding hydrogens is 314 g/mol.